The van der Waals surface area contributed by atoms with Crippen LogP contribution in [0, 0.1) is 5.82 Å². The number of methoxy groups -OCH3 is 2. The fourth-order valence-corrected chi connectivity index (χ4v) is 3.14. The first-order valence-corrected chi connectivity index (χ1v) is 11.9. The second-order valence-corrected chi connectivity index (χ2v) is 8.23. The highest BCUT2D eigenvalue weighted by molar-refractivity contribution is 7.80. The van der Waals surface area contributed by atoms with E-state index in [0.717, 1.165) is 33.0 Å². The van der Waals surface area contributed by atoms with Crippen LogP contribution in [0.1, 0.15) is 46.6 Å². The maximum Gasteiger partial charge on any atom is 0.223 e. The Hall–Kier alpha value is -2.50. The van der Waals surface area contributed by atoms with Gasteiger partial charge in [-0.1, -0.05) is 38.1 Å². The minimum absolute atomic E-state index is 0.0370. The smallest absolute Gasteiger partial charge is 0.223 e. The fraction of sp³-hybridized carbons (Fsp3) is 0.346. The number of hydrogen-bond donors (Lipinski definition) is 3. The van der Waals surface area contributed by atoms with Crippen LogP contribution < -0.4 is 25.4 Å². The van der Waals surface area contributed by atoms with E-state index in [2.05, 4.69) is 39.1 Å². The molecular weight excluding hydrogens is 470 g/mol. The van der Waals surface area contributed by atoms with E-state index in [9.17, 15) is 9.18 Å². The SMILES string of the molecule is C=C(C)Nc1cc(S)c(OC)cc1OC.CC.CNC(=O)C/C(C)=C(/C)c1ccc(P)c(F)c1. The molecule has 5 nitrogen and oxygen atoms in total. The van der Waals surface area contributed by atoms with Crippen molar-refractivity contribution >= 4 is 44.3 Å². The van der Waals surface area contributed by atoms with Gasteiger partial charge in [0.2, 0.25) is 5.91 Å². The van der Waals surface area contributed by atoms with Crippen LogP contribution in [0.4, 0.5) is 10.1 Å². The van der Waals surface area contributed by atoms with Gasteiger partial charge >= 0.3 is 0 Å². The molecule has 0 fully saturated rings. The molecule has 1 amide bonds. The third-order valence-corrected chi connectivity index (χ3v) is 5.44. The zero-order valence-corrected chi connectivity index (χ0v) is 23.5. The lowest BCUT2D eigenvalue weighted by Crippen LogP contribution is -2.17. The van der Waals surface area contributed by atoms with E-state index >= 15 is 0 Å². The van der Waals surface area contributed by atoms with E-state index in [-0.39, 0.29) is 11.7 Å². The zero-order chi connectivity index (χ0) is 26.4. The number of thiol groups is 1. The van der Waals surface area contributed by atoms with Crippen molar-refractivity contribution in [1.82, 2.24) is 5.32 Å². The Morgan fingerprint density at radius 1 is 1.09 bits per heavy atom. The molecule has 0 radical (unpaired) electrons. The van der Waals surface area contributed by atoms with Crippen molar-refractivity contribution in [2.24, 2.45) is 0 Å². The van der Waals surface area contributed by atoms with Gasteiger partial charge < -0.3 is 20.1 Å². The molecule has 2 rings (SSSR count). The molecule has 0 aliphatic rings. The number of carbonyl (C=O) groups excluding carboxylic acids is 1. The van der Waals surface area contributed by atoms with Crippen LogP contribution in [0.25, 0.3) is 5.57 Å². The highest BCUT2D eigenvalue weighted by Crippen LogP contribution is 2.35. The van der Waals surface area contributed by atoms with Gasteiger partial charge in [-0.05, 0) is 44.0 Å². The second-order valence-electron chi connectivity index (χ2n) is 7.12. The maximum atomic E-state index is 13.4. The standard InChI is InChI=1S/C13H17FNOP.C11H15NO2S.C2H6/c1-8(6-13(16)15-3)9(2)10-4-5-12(17)11(14)7-10;1-7(2)12-8-5-11(15)10(14-4)6-9(8)13-3;1-2/h4-5,7H,6,17H2,1-3H3,(H,15,16);5-6,12,15H,1H2,2-4H3;1-2H3/b9-8-;;. The van der Waals surface area contributed by atoms with Crippen molar-refractivity contribution in [2.75, 3.05) is 26.6 Å². The van der Waals surface area contributed by atoms with E-state index in [1.54, 1.807) is 33.4 Å². The van der Waals surface area contributed by atoms with Gasteiger partial charge in [-0.25, -0.2) is 4.39 Å². The highest BCUT2D eigenvalue weighted by atomic mass is 32.1. The highest BCUT2D eigenvalue weighted by Gasteiger charge is 2.09. The van der Waals surface area contributed by atoms with E-state index in [4.69, 9.17) is 9.47 Å². The van der Waals surface area contributed by atoms with Gasteiger partial charge in [0.25, 0.3) is 0 Å². The van der Waals surface area contributed by atoms with E-state index in [1.165, 1.54) is 6.07 Å². The molecule has 0 saturated carbocycles. The van der Waals surface area contributed by atoms with E-state index < -0.39 is 0 Å². The average Bonchev–Trinajstić information content (AvgIpc) is 2.81. The molecule has 0 aromatic heterocycles. The van der Waals surface area contributed by atoms with E-state index in [1.807, 2.05) is 46.8 Å². The van der Waals surface area contributed by atoms with Crippen LogP contribution in [-0.4, -0.2) is 27.2 Å². The first kappa shape index (κ1) is 31.5. The molecule has 1 atom stereocenters. The van der Waals surface area contributed by atoms with Crippen molar-refractivity contribution in [3.63, 3.8) is 0 Å². The Labute approximate surface area is 211 Å². The lowest BCUT2D eigenvalue weighted by Gasteiger charge is -2.13. The number of rotatable bonds is 7. The number of carbonyl (C=O) groups is 1. The van der Waals surface area contributed by atoms with Crippen molar-refractivity contribution in [1.29, 1.82) is 0 Å². The van der Waals surface area contributed by atoms with Crippen LogP contribution in [0.15, 0.2) is 53.1 Å². The van der Waals surface area contributed by atoms with Gasteiger partial charge in [-0.15, -0.1) is 21.9 Å². The summed E-state index contributed by atoms with van der Waals surface area (Å²) in [5.41, 5.74) is 4.37. The van der Waals surface area contributed by atoms with Crippen LogP contribution in [0.2, 0.25) is 0 Å². The number of nitrogens with one attached hydrogen (secondary N) is 2. The third-order valence-electron chi connectivity index (χ3n) is 4.63. The summed E-state index contributed by atoms with van der Waals surface area (Å²) >= 11 is 4.31. The quantitative estimate of drug-likeness (QED) is 0.307. The number of hydrogen-bond acceptors (Lipinski definition) is 5. The van der Waals surface area contributed by atoms with Crippen LogP contribution in [-0.2, 0) is 4.79 Å². The molecule has 0 aliphatic carbocycles. The van der Waals surface area contributed by atoms with Gasteiger partial charge in [0.15, 0.2) is 0 Å². The van der Waals surface area contributed by atoms with Crippen LogP contribution in [0.3, 0.4) is 0 Å². The molecule has 0 aliphatic heterocycles. The summed E-state index contributed by atoms with van der Waals surface area (Å²) in [4.78, 5) is 12.0. The predicted octanol–water partition coefficient (Wildman–Crippen LogP) is 6.22. The molecule has 0 heterocycles. The lowest BCUT2D eigenvalue weighted by atomic mass is 10.00. The van der Waals surface area contributed by atoms with Crippen LogP contribution >= 0.6 is 21.9 Å². The minimum atomic E-state index is -0.250. The summed E-state index contributed by atoms with van der Waals surface area (Å²) in [5, 5.41) is 6.21. The summed E-state index contributed by atoms with van der Waals surface area (Å²) in [7, 11) is 7.16. The van der Waals surface area contributed by atoms with Crippen molar-refractivity contribution < 1.29 is 18.7 Å². The summed E-state index contributed by atoms with van der Waals surface area (Å²) in [5.74, 6) is 1.10. The number of ether oxygens (including phenoxy) is 2. The summed E-state index contributed by atoms with van der Waals surface area (Å²) in [6, 6.07) is 8.69. The third kappa shape index (κ3) is 10.2. The fourth-order valence-electron chi connectivity index (χ4n) is 2.68. The zero-order valence-electron chi connectivity index (χ0n) is 21.4. The predicted molar refractivity (Wildman–Crippen MR) is 149 cm³/mol. The van der Waals surface area contributed by atoms with Crippen molar-refractivity contribution in [3.8, 4) is 11.5 Å². The van der Waals surface area contributed by atoms with Gasteiger partial charge in [-0.3, -0.25) is 4.79 Å². The minimum Gasteiger partial charge on any atom is -0.495 e. The maximum absolute atomic E-state index is 13.4. The molecule has 0 saturated heterocycles. The van der Waals surface area contributed by atoms with Crippen molar-refractivity contribution in [2.45, 2.75) is 45.9 Å². The molecule has 2 aromatic rings. The van der Waals surface area contributed by atoms with E-state index in [0.29, 0.717) is 23.2 Å². The van der Waals surface area contributed by atoms with Gasteiger partial charge in [0.1, 0.15) is 17.3 Å². The molecule has 2 N–H and O–H groups in total. The Morgan fingerprint density at radius 3 is 2.15 bits per heavy atom. The van der Waals surface area contributed by atoms with Gasteiger partial charge in [0.05, 0.1) is 19.9 Å². The molecule has 0 bridgehead atoms. The Morgan fingerprint density at radius 2 is 1.68 bits per heavy atom. The van der Waals surface area contributed by atoms with Crippen molar-refractivity contribution in [3.05, 3.63) is 59.6 Å². The normalized spacial score (nSPS) is 10.4. The molecule has 8 heteroatoms. The number of benzene rings is 2. The Balaban J connectivity index is 0.000000601. The first-order chi connectivity index (χ1) is 16.0. The number of anilines is 1. The molecule has 0 spiro atoms. The number of allylic oxidation sites excluding steroid dienone is 2. The Bertz CT molecular complexity index is 1010. The topological polar surface area (TPSA) is 59.6 Å². The van der Waals surface area contributed by atoms with Crippen LogP contribution in [0.5, 0.6) is 11.5 Å². The number of halogens is 1. The molecular formula is C26H38FN2O3PS. The monoisotopic (exact) mass is 508 g/mol. The molecule has 34 heavy (non-hydrogen) atoms. The summed E-state index contributed by atoms with van der Waals surface area (Å²) in [6.07, 6.45) is 0.340. The number of amides is 1. The van der Waals surface area contributed by atoms with Gasteiger partial charge in [-0.2, -0.15) is 0 Å². The lowest BCUT2D eigenvalue weighted by molar-refractivity contribution is -0.119. The second kappa shape index (κ2) is 16.2. The van der Waals surface area contributed by atoms with Gasteiger partial charge in [0, 0.05) is 35.4 Å². The average molecular weight is 509 g/mol. The summed E-state index contributed by atoms with van der Waals surface area (Å²) < 4.78 is 23.8. The molecule has 2 aromatic carbocycles. The largest absolute Gasteiger partial charge is 0.495 e. The Kier molecular flexibility index (Phi) is 15.0. The molecule has 1 unspecified atom stereocenters. The molecule has 188 valence electrons. The summed E-state index contributed by atoms with van der Waals surface area (Å²) in [6.45, 7) is 13.4. The first-order valence-electron chi connectivity index (χ1n) is 10.8.